The van der Waals surface area contributed by atoms with E-state index in [1.54, 1.807) is 0 Å². The van der Waals surface area contributed by atoms with Gasteiger partial charge in [0.25, 0.3) is 0 Å². The van der Waals surface area contributed by atoms with Crippen molar-refractivity contribution in [2.45, 2.75) is 25.8 Å². The maximum Gasteiger partial charge on any atom is 0.00960 e. The molecular weight excluding hydrogens is 98.1 g/mol. The van der Waals surface area contributed by atoms with Gasteiger partial charge in [0, 0.05) is 6.04 Å². The molecule has 1 heterocycles. The largest absolute Gasteiger partial charge is 0.313 e. The monoisotopic (exact) mass is 111 g/mol. The van der Waals surface area contributed by atoms with E-state index in [4.69, 9.17) is 0 Å². The van der Waals surface area contributed by atoms with E-state index in [1.807, 2.05) is 0 Å². The zero-order chi connectivity index (χ0) is 5.56. The first-order chi connectivity index (χ1) is 3.88. The van der Waals surface area contributed by atoms with Crippen molar-refractivity contribution in [3.05, 3.63) is 0 Å². The molecule has 46 valence electrons. The van der Waals surface area contributed by atoms with E-state index in [0.717, 1.165) is 17.9 Å². The highest BCUT2D eigenvalue weighted by Gasteiger charge is 2.37. The molecule has 0 aromatic rings. The normalized spacial score (nSPS) is 52.9. The van der Waals surface area contributed by atoms with Gasteiger partial charge in [0.05, 0.1) is 0 Å². The van der Waals surface area contributed by atoms with Gasteiger partial charge in [-0.2, -0.15) is 0 Å². The zero-order valence-electron chi connectivity index (χ0n) is 5.35. The molecule has 0 aromatic carbocycles. The first-order valence-electron chi connectivity index (χ1n) is 3.61. The van der Waals surface area contributed by atoms with Crippen molar-refractivity contribution >= 4 is 0 Å². The van der Waals surface area contributed by atoms with Crippen LogP contribution < -0.4 is 5.32 Å². The average molecular weight is 111 g/mol. The van der Waals surface area contributed by atoms with Crippen LogP contribution >= 0.6 is 0 Å². The molecule has 1 heteroatoms. The van der Waals surface area contributed by atoms with Crippen molar-refractivity contribution in [1.82, 2.24) is 5.32 Å². The molecule has 2 fully saturated rings. The second-order valence-electron chi connectivity index (χ2n) is 3.21. The highest BCUT2D eigenvalue weighted by atomic mass is 15.0. The lowest BCUT2D eigenvalue weighted by Gasteiger charge is -2.08. The summed E-state index contributed by atoms with van der Waals surface area (Å²) in [4.78, 5) is 0. The summed E-state index contributed by atoms with van der Waals surface area (Å²) in [6, 6.07) is 0.889. The Labute approximate surface area is 50.5 Å². The van der Waals surface area contributed by atoms with Crippen molar-refractivity contribution in [2.24, 2.45) is 11.8 Å². The fourth-order valence-electron chi connectivity index (χ4n) is 2.13. The number of piperidine rings is 1. The smallest absolute Gasteiger partial charge is 0.00960 e. The van der Waals surface area contributed by atoms with Crippen molar-refractivity contribution in [3.63, 3.8) is 0 Å². The minimum atomic E-state index is 0.889. The predicted molar refractivity (Wildman–Crippen MR) is 33.7 cm³/mol. The molecule has 1 nitrogen and oxygen atoms in total. The topological polar surface area (TPSA) is 12.0 Å². The van der Waals surface area contributed by atoms with Crippen molar-refractivity contribution in [2.75, 3.05) is 6.54 Å². The fraction of sp³-hybridized carbons (Fsp3) is 1.00. The van der Waals surface area contributed by atoms with E-state index in [-0.39, 0.29) is 0 Å². The standard InChI is InChI=1S/C7H13N/c1-5-6-2-3-7(5)8-4-6/h5-8H,2-4H2,1H3/t5-,6?,7?/m1/s1. The summed E-state index contributed by atoms with van der Waals surface area (Å²) in [6.07, 6.45) is 2.92. The molecule has 0 aromatic heterocycles. The molecule has 0 amide bonds. The highest BCUT2D eigenvalue weighted by molar-refractivity contribution is 4.94. The summed E-state index contributed by atoms with van der Waals surface area (Å²) in [6.45, 7) is 3.67. The quantitative estimate of drug-likeness (QED) is 0.492. The summed E-state index contributed by atoms with van der Waals surface area (Å²) in [7, 11) is 0. The predicted octanol–water partition coefficient (Wildman–Crippen LogP) is 1.00. The number of rotatable bonds is 0. The number of hydrogen-bond acceptors (Lipinski definition) is 1. The molecule has 2 unspecified atom stereocenters. The Morgan fingerprint density at radius 2 is 2.25 bits per heavy atom. The summed E-state index contributed by atoms with van der Waals surface area (Å²) in [5.41, 5.74) is 0. The van der Waals surface area contributed by atoms with E-state index in [0.29, 0.717) is 0 Å². The molecule has 0 spiro atoms. The van der Waals surface area contributed by atoms with Crippen molar-refractivity contribution < 1.29 is 0 Å². The van der Waals surface area contributed by atoms with Gasteiger partial charge in [0.15, 0.2) is 0 Å². The summed E-state index contributed by atoms with van der Waals surface area (Å²) < 4.78 is 0. The first kappa shape index (κ1) is 4.80. The first-order valence-corrected chi connectivity index (χ1v) is 3.61. The van der Waals surface area contributed by atoms with Crippen LogP contribution in [0.25, 0.3) is 0 Å². The Morgan fingerprint density at radius 1 is 1.38 bits per heavy atom. The van der Waals surface area contributed by atoms with Crippen LogP contribution in [0.3, 0.4) is 0 Å². The van der Waals surface area contributed by atoms with Crippen molar-refractivity contribution in [1.29, 1.82) is 0 Å². The van der Waals surface area contributed by atoms with Crippen LogP contribution in [0, 0.1) is 11.8 Å². The van der Waals surface area contributed by atoms with Gasteiger partial charge in [-0.25, -0.2) is 0 Å². The third-order valence-corrected chi connectivity index (χ3v) is 2.87. The third-order valence-electron chi connectivity index (χ3n) is 2.87. The minimum Gasteiger partial charge on any atom is -0.313 e. The SMILES string of the molecule is C[C@@H]1C2CCC1NC2. The molecular formula is C7H13N. The van der Waals surface area contributed by atoms with E-state index < -0.39 is 0 Å². The maximum atomic E-state index is 3.51. The van der Waals surface area contributed by atoms with Crippen LogP contribution in [0.4, 0.5) is 0 Å². The minimum absolute atomic E-state index is 0.889. The van der Waals surface area contributed by atoms with Crippen LogP contribution in [-0.2, 0) is 0 Å². The van der Waals surface area contributed by atoms with Gasteiger partial charge in [-0.3, -0.25) is 0 Å². The lowest BCUT2D eigenvalue weighted by molar-refractivity contribution is 0.488. The number of hydrogen-bond donors (Lipinski definition) is 1. The molecule has 0 radical (unpaired) electrons. The molecule has 2 aliphatic rings. The Morgan fingerprint density at radius 3 is 2.38 bits per heavy atom. The number of fused-ring (bicyclic) bond motifs is 2. The molecule has 2 rings (SSSR count). The Bertz CT molecular complexity index is 80.6. The molecule has 1 aliphatic carbocycles. The Balaban J connectivity index is 2.16. The third kappa shape index (κ3) is 0.455. The lowest BCUT2D eigenvalue weighted by Crippen LogP contribution is -2.25. The summed E-state index contributed by atoms with van der Waals surface area (Å²) >= 11 is 0. The van der Waals surface area contributed by atoms with Gasteiger partial charge in [0.1, 0.15) is 0 Å². The molecule has 1 N–H and O–H groups in total. The number of nitrogens with one attached hydrogen (secondary N) is 1. The van der Waals surface area contributed by atoms with E-state index in [1.165, 1.54) is 19.4 Å². The lowest BCUT2D eigenvalue weighted by atomic mass is 10.0. The van der Waals surface area contributed by atoms with Crippen LogP contribution in [0.5, 0.6) is 0 Å². The Kier molecular flexibility index (Phi) is 0.884. The van der Waals surface area contributed by atoms with Crippen LogP contribution in [0.2, 0.25) is 0 Å². The second kappa shape index (κ2) is 1.47. The van der Waals surface area contributed by atoms with Gasteiger partial charge in [-0.1, -0.05) is 6.92 Å². The summed E-state index contributed by atoms with van der Waals surface area (Å²) in [5, 5.41) is 3.51. The Hall–Kier alpha value is -0.0400. The van der Waals surface area contributed by atoms with Gasteiger partial charge in [-0.15, -0.1) is 0 Å². The van der Waals surface area contributed by atoms with Gasteiger partial charge in [-0.05, 0) is 31.2 Å². The van der Waals surface area contributed by atoms with Gasteiger partial charge in [0.2, 0.25) is 0 Å². The van der Waals surface area contributed by atoms with Crippen LogP contribution in [0.15, 0.2) is 0 Å². The van der Waals surface area contributed by atoms with Crippen LogP contribution in [-0.4, -0.2) is 12.6 Å². The molecule has 1 aliphatic heterocycles. The highest BCUT2D eigenvalue weighted by Crippen LogP contribution is 2.35. The molecule has 8 heavy (non-hydrogen) atoms. The van der Waals surface area contributed by atoms with Crippen molar-refractivity contribution in [3.8, 4) is 0 Å². The van der Waals surface area contributed by atoms with Gasteiger partial charge < -0.3 is 5.32 Å². The van der Waals surface area contributed by atoms with E-state index >= 15 is 0 Å². The van der Waals surface area contributed by atoms with Crippen LogP contribution in [0.1, 0.15) is 19.8 Å². The molecule has 1 saturated heterocycles. The fourth-order valence-corrected chi connectivity index (χ4v) is 2.13. The summed E-state index contributed by atoms with van der Waals surface area (Å²) in [5.74, 6) is 2.01. The zero-order valence-corrected chi connectivity index (χ0v) is 5.35. The maximum absolute atomic E-state index is 3.51. The van der Waals surface area contributed by atoms with Gasteiger partial charge >= 0.3 is 0 Å². The second-order valence-corrected chi connectivity index (χ2v) is 3.21. The van der Waals surface area contributed by atoms with E-state index in [9.17, 15) is 0 Å². The molecule has 2 bridgehead atoms. The molecule has 1 saturated carbocycles. The average Bonchev–Trinajstić information content (AvgIpc) is 2.29. The van der Waals surface area contributed by atoms with E-state index in [2.05, 4.69) is 12.2 Å². The molecule has 3 atom stereocenters.